The molecular formula is C12H11NO5. The lowest BCUT2D eigenvalue weighted by Gasteiger charge is -2.02. The monoisotopic (exact) mass is 249 g/mol. The number of rotatable bonds is 6. The first-order chi connectivity index (χ1) is 8.50. The summed E-state index contributed by atoms with van der Waals surface area (Å²) in [6.45, 7) is 0. The second kappa shape index (κ2) is 6.19. The van der Waals surface area contributed by atoms with Gasteiger partial charge < -0.3 is 15.5 Å². The van der Waals surface area contributed by atoms with E-state index in [1.165, 1.54) is 0 Å². The van der Waals surface area contributed by atoms with Crippen LogP contribution >= 0.6 is 0 Å². The predicted molar refractivity (Wildman–Crippen MR) is 63.0 cm³/mol. The molecule has 0 aliphatic heterocycles. The Hall–Kier alpha value is -2.63. The van der Waals surface area contributed by atoms with Gasteiger partial charge in [0.05, 0.1) is 0 Å². The fourth-order valence-electron chi connectivity index (χ4n) is 1.18. The summed E-state index contributed by atoms with van der Waals surface area (Å²) in [5.41, 5.74) is 0.000582. The Bertz CT molecular complexity index is 492. The van der Waals surface area contributed by atoms with Gasteiger partial charge in [0.15, 0.2) is 5.78 Å². The van der Waals surface area contributed by atoms with Gasteiger partial charge in [-0.25, -0.2) is 4.79 Å². The van der Waals surface area contributed by atoms with Crippen molar-refractivity contribution in [1.29, 1.82) is 0 Å². The molecule has 0 saturated carbocycles. The molecule has 0 fully saturated rings. The summed E-state index contributed by atoms with van der Waals surface area (Å²) >= 11 is 0. The predicted octanol–water partition coefficient (Wildman–Crippen LogP) is 1.11. The van der Waals surface area contributed by atoms with Crippen LogP contribution in [0.1, 0.15) is 6.42 Å². The van der Waals surface area contributed by atoms with E-state index in [9.17, 15) is 14.4 Å². The molecule has 0 spiro atoms. The van der Waals surface area contributed by atoms with Gasteiger partial charge in [0.1, 0.15) is 12.0 Å². The van der Waals surface area contributed by atoms with E-state index in [-0.39, 0.29) is 0 Å². The van der Waals surface area contributed by atoms with Crippen molar-refractivity contribution in [3.63, 3.8) is 0 Å². The van der Waals surface area contributed by atoms with Crippen LogP contribution in [-0.4, -0.2) is 27.9 Å². The fourth-order valence-corrected chi connectivity index (χ4v) is 1.18. The van der Waals surface area contributed by atoms with E-state index >= 15 is 0 Å². The number of Topliss-reactive ketones (excluding diaryl/α,β-unsaturated/α-hetero) is 1. The van der Waals surface area contributed by atoms with Gasteiger partial charge >= 0.3 is 11.9 Å². The SMILES string of the molecule is O=C(O)CC(=O)/C(=C/Nc1ccccc1)C(=O)O. The summed E-state index contributed by atoms with van der Waals surface area (Å²) in [5.74, 6) is -3.80. The molecule has 0 aliphatic rings. The molecule has 1 aromatic carbocycles. The Morgan fingerprint density at radius 2 is 1.72 bits per heavy atom. The van der Waals surface area contributed by atoms with Crippen LogP contribution in [0, 0.1) is 0 Å². The van der Waals surface area contributed by atoms with Crippen molar-refractivity contribution in [2.24, 2.45) is 0 Å². The molecule has 0 aromatic heterocycles. The molecule has 0 unspecified atom stereocenters. The average Bonchev–Trinajstić information content (AvgIpc) is 2.29. The number of anilines is 1. The largest absolute Gasteiger partial charge is 0.481 e. The Kier molecular flexibility index (Phi) is 4.62. The summed E-state index contributed by atoms with van der Waals surface area (Å²) in [6.07, 6.45) is 0.136. The van der Waals surface area contributed by atoms with E-state index in [1.54, 1.807) is 30.3 Å². The molecule has 0 bridgehead atoms. The number of para-hydroxylation sites is 1. The van der Waals surface area contributed by atoms with Crippen LogP contribution in [0.15, 0.2) is 42.1 Å². The van der Waals surface area contributed by atoms with Gasteiger partial charge in [0, 0.05) is 11.9 Å². The van der Waals surface area contributed by atoms with Crippen LogP contribution in [0.4, 0.5) is 5.69 Å². The number of carbonyl (C=O) groups excluding carboxylic acids is 1. The van der Waals surface area contributed by atoms with E-state index < -0.39 is 29.7 Å². The molecule has 6 nitrogen and oxygen atoms in total. The normalized spacial score (nSPS) is 10.8. The lowest BCUT2D eigenvalue weighted by atomic mass is 10.1. The van der Waals surface area contributed by atoms with Crippen molar-refractivity contribution in [2.75, 3.05) is 5.32 Å². The zero-order chi connectivity index (χ0) is 13.5. The smallest absolute Gasteiger partial charge is 0.340 e. The van der Waals surface area contributed by atoms with Crippen molar-refractivity contribution >= 4 is 23.4 Å². The van der Waals surface area contributed by atoms with Crippen LogP contribution < -0.4 is 5.32 Å². The Labute approximate surface area is 103 Å². The van der Waals surface area contributed by atoms with E-state index in [4.69, 9.17) is 10.2 Å². The quantitative estimate of drug-likeness (QED) is 0.396. The number of carboxylic acids is 2. The summed E-state index contributed by atoms with van der Waals surface area (Å²) in [5, 5.41) is 19.9. The lowest BCUT2D eigenvalue weighted by molar-refractivity contribution is -0.140. The van der Waals surface area contributed by atoms with Gasteiger partial charge in [-0.3, -0.25) is 9.59 Å². The number of benzene rings is 1. The molecule has 3 N–H and O–H groups in total. The number of ketones is 1. The maximum atomic E-state index is 11.3. The topological polar surface area (TPSA) is 104 Å². The molecule has 6 heteroatoms. The first kappa shape index (κ1) is 13.4. The maximum Gasteiger partial charge on any atom is 0.340 e. The molecular weight excluding hydrogens is 238 g/mol. The van der Waals surface area contributed by atoms with Crippen molar-refractivity contribution in [2.45, 2.75) is 6.42 Å². The van der Waals surface area contributed by atoms with Crippen molar-refractivity contribution in [1.82, 2.24) is 0 Å². The molecule has 0 saturated heterocycles. The molecule has 94 valence electrons. The van der Waals surface area contributed by atoms with E-state index in [2.05, 4.69) is 5.32 Å². The molecule has 0 amide bonds. The van der Waals surface area contributed by atoms with Gasteiger partial charge in [-0.05, 0) is 12.1 Å². The highest BCUT2D eigenvalue weighted by atomic mass is 16.4. The second-order valence-corrected chi connectivity index (χ2v) is 3.37. The minimum Gasteiger partial charge on any atom is -0.481 e. The molecule has 1 rings (SSSR count). The summed E-state index contributed by atoms with van der Waals surface area (Å²) in [4.78, 5) is 32.5. The van der Waals surface area contributed by atoms with Gasteiger partial charge in [0.2, 0.25) is 0 Å². The highest BCUT2D eigenvalue weighted by molar-refractivity contribution is 6.20. The third kappa shape index (κ3) is 4.09. The molecule has 0 atom stereocenters. The van der Waals surface area contributed by atoms with Crippen molar-refractivity contribution in [3.8, 4) is 0 Å². The van der Waals surface area contributed by atoms with Crippen LogP contribution in [0.3, 0.4) is 0 Å². The number of hydrogen-bond acceptors (Lipinski definition) is 4. The van der Waals surface area contributed by atoms with Crippen LogP contribution in [-0.2, 0) is 14.4 Å². The van der Waals surface area contributed by atoms with E-state index in [1.807, 2.05) is 0 Å². The number of carbonyl (C=O) groups is 3. The van der Waals surface area contributed by atoms with Gasteiger partial charge in [-0.15, -0.1) is 0 Å². The average molecular weight is 249 g/mol. The molecule has 18 heavy (non-hydrogen) atoms. The third-order valence-electron chi connectivity index (χ3n) is 2.00. The highest BCUT2D eigenvalue weighted by Gasteiger charge is 2.19. The van der Waals surface area contributed by atoms with Gasteiger partial charge in [-0.2, -0.15) is 0 Å². The van der Waals surface area contributed by atoms with Crippen LogP contribution in [0.2, 0.25) is 0 Å². The number of aliphatic carboxylic acids is 2. The van der Waals surface area contributed by atoms with Crippen LogP contribution in [0.5, 0.6) is 0 Å². The molecule has 0 radical (unpaired) electrons. The Morgan fingerprint density at radius 3 is 2.22 bits per heavy atom. The lowest BCUT2D eigenvalue weighted by Crippen LogP contribution is -2.17. The molecule has 0 heterocycles. The maximum absolute atomic E-state index is 11.3. The van der Waals surface area contributed by atoms with Crippen molar-refractivity contribution < 1.29 is 24.6 Å². The summed E-state index contributed by atoms with van der Waals surface area (Å²) < 4.78 is 0. The van der Waals surface area contributed by atoms with Gasteiger partial charge in [0.25, 0.3) is 0 Å². The van der Waals surface area contributed by atoms with E-state index in [0.717, 1.165) is 6.20 Å². The summed E-state index contributed by atoms with van der Waals surface area (Å²) in [7, 11) is 0. The standard InChI is InChI=1S/C12H11NO5/c14-10(6-11(15)16)9(12(17)18)7-13-8-4-2-1-3-5-8/h1-5,7,13H,6H2,(H,15,16)(H,17,18)/b9-7-. The first-order valence-electron chi connectivity index (χ1n) is 5.00. The molecule has 0 aliphatic carbocycles. The minimum absolute atomic E-state index is 0.596. The second-order valence-electron chi connectivity index (χ2n) is 3.37. The molecule has 1 aromatic rings. The third-order valence-corrected chi connectivity index (χ3v) is 2.00. The highest BCUT2D eigenvalue weighted by Crippen LogP contribution is 2.07. The Morgan fingerprint density at radius 1 is 1.11 bits per heavy atom. The van der Waals surface area contributed by atoms with E-state index in [0.29, 0.717) is 5.69 Å². The number of carboxylic acid groups (broad SMARTS) is 2. The number of nitrogens with one attached hydrogen (secondary N) is 1. The first-order valence-corrected chi connectivity index (χ1v) is 5.00. The van der Waals surface area contributed by atoms with Crippen molar-refractivity contribution in [3.05, 3.63) is 42.1 Å². The fraction of sp³-hybridized carbons (Fsp3) is 0.0833. The zero-order valence-electron chi connectivity index (χ0n) is 9.29. The number of hydrogen-bond donors (Lipinski definition) is 3. The zero-order valence-corrected chi connectivity index (χ0v) is 9.29. The Balaban J connectivity index is 2.82. The van der Waals surface area contributed by atoms with Crippen LogP contribution in [0.25, 0.3) is 0 Å². The summed E-state index contributed by atoms with van der Waals surface area (Å²) in [6, 6.07) is 8.60. The van der Waals surface area contributed by atoms with Gasteiger partial charge in [-0.1, -0.05) is 18.2 Å². The minimum atomic E-state index is -1.47.